The number of benzene rings is 2. The summed E-state index contributed by atoms with van der Waals surface area (Å²) in [4.78, 5) is 20.0. The molecule has 0 aliphatic carbocycles. The van der Waals surface area contributed by atoms with Crippen LogP contribution in [-0.4, -0.2) is 17.1 Å². The Kier molecular flexibility index (Phi) is 10.5. The van der Waals surface area contributed by atoms with Gasteiger partial charge in [0, 0.05) is 12.1 Å². The molecule has 0 radical (unpaired) electrons. The summed E-state index contributed by atoms with van der Waals surface area (Å²) in [6, 6.07) is 11.7. The van der Waals surface area contributed by atoms with Gasteiger partial charge in [-0.05, 0) is 48.4 Å². The minimum absolute atomic E-state index is 0.0208. The largest absolute Gasteiger partial charge is 0.494 e. The van der Waals surface area contributed by atoms with Gasteiger partial charge in [-0.1, -0.05) is 97.6 Å². The number of H-pyrrole nitrogens is 1. The Balaban J connectivity index is 1.56. The summed E-state index contributed by atoms with van der Waals surface area (Å²) in [5, 5.41) is 0.810. The van der Waals surface area contributed by atoms with Crippen molar-refractivity contribution in [3.63, 3.8) is 0 Å². The summed E-state index contributed by atoms with van der Waals surface area (Å²) in [5.74, 6) is 1.94. The lowest BCUT2D eigenvalue weighted by Crippen LogP contribution is -2.12. The standard InChI is InChI=1S/C35H48N2O4/c1-7-8-9-10-11-12-13-14-15-16-20-28(40-26-19-17-18-25(22-26)35(3,4)5)34-36-27-23-29(39-6)32-31(33(27)41-34)24(2)21-30(38)37-32/h17-19,21-23,28H,7-16,20H2,1-6H3,(H,37,38). The van der Waals surface area contributed by atoms with E-state index >= 15 is 0 Å². The molecule has 2 heterocycles. The number of methoxy groups -OCH3 is 1. The van der Waals surface area contributed by atoms with Crippen molar-refractivity contribution in [2.24, 2.45) is 0 Å². The Morgan fingerprint density at radius 2 is 1.63 bits per heavy atom. The molecule has 1 atom stereocenters. The van der Waals surface area contributed by atoms with E-state index in [-0.39, 0.29) is 17.1 Å². The van der Waals surface area contributed by atoms with Crippen LogP contribution >= 0.6 is 0 Å². The molecule has 0 amide bonds. The molecule has 41 heavy (non-hydrogen) atoms. The number of aryl methyl sites for hydroxylation is 1. The summed E-state index contributed by atoms with van der Waals surface area (Å²) in [6.07, 6.45) is 13.3. The van der Waals surface area contributed by atoms with Crippen LogP contribution in [0.2, 0.25) is 0 Å². The summed E-state index contributed by atoms with van der Waals surface area (Å²) >= 11 is 0. The maximum Gasteiger partial charge on any atom is 0.248 e. The third-order valence-corrected chi connectivity index (χ3v) is 7.94. The van der Waals surface area contributed by atoms with Crippen LogP contribution < -0.4 is 15.0 Å². The van der Waals surface area contributed by atoms with E-state index in [2.05, 4.69) is 50.9 Å². The maximum atomic E-state index is 12.2. The zero-order valence-electron chi connectivity index (χ0n) is 25.9. The molecule has 222 valence electrons. The van der Waals surface area contributed by atoms with Crippen molar-refractivity contribution in [3.05, 3.63) is 63.8 Å². The van der Waals surface area contributed by atoms with Gasteiger partial charge in [-0.2, -0.15) is 0 Å². The number of pyridine rings is 1. The van der Waals surface area contributed by atoms with Gasteiger partial charge in [0.05, 0.1) is 18.0 Å². The number of fused-ring (bicyclic) bond motifs is 3. The molecule has 6 heteroatoms. The van der Waals surface area contributed by atoms with Gasteiger partial charge in [-0.25, -0.2) is 4.98 Å². The van der Waals surface area contributed by atoms with Crippen molar-refractivity contribution in [1.82, 2.24) is 9.97 Å². The Hall–Kier alpha value is -3.28. The van der Waals surface area contributed by atoms with Gasteiger partial charge in [0.15, 0.2) is 11.7 Å². The number of ether oxygens (including phenoxy) is 2. The van der Waals surface area contributed by atoms with E-state index in [1.54, 1.807) is 13.2 Å². The van der Waals surface area contributed by atoms with Crippen LogP contribution in [0.25, 0.3) is 22.0 Å². The fourth-order valence-electron chi connectivity index (χ4n) is 5.54. The van der Waals surface area contributed by atoms with Crippen LogP contribution in [0.3, 0.4) is 0 Å². The van der Waals surface area contributed by atoms with Crippen molar-refractivity contribution in [2.45, 2.75) is 117 Å². The van der Waals surface area contributed by atoms with E-state index in [4.69, 9.17) is 18.9 Å². The van der Waals surface area contributed by atoms with Crippen LogP contribution in [-0.2, 0) is 5.41 Å². The molecule has 1 unspecified atom stereocenters. The molecule has 0 aliphatic heterocycles. The van der Waals surface area contributed by atoms with E-state index in [1.165, 1.54) is 56.9 Å². The third-order valence-electron chi connectivity index (χ3n) is 7.94. The number of aromatic nitrogens is 2. The van der Waals surface area contributed by atoms with Crippen molar-refractivity contribution in [1.29, 1.82) is 0 Å². The molecule has 2 aromatic heterocycles. The molecule has 1 N–H and O–H groups in total. The lowest BCUT2D eigenvalue weighted by Gasteiger charge is -2.21. The third kappa shape index (κ3) is 7.93. The Morgan fingerprint density at radius 3 is 2.29 bits per heavy atom. The second-order valence-electron chi connectivity index (χ2n) is 12.4. The topological polar surface area (TPSA) is 77.4 Å². The highest BCUT2D eigenvalue weighted by atomic mass is 16.5. The first-order valence-electron chi connectivity index (χ1n) is 15.5. The predicted molar refractivity (Wildman–Crippen MR) is 168 cm³/mol. The van der Waals surface area contributed by atoms with Gasteiger partial charge < -0.3 is 18.9 Å². The molecule has 4 aromatic rings. The number of nitrogens with zero attached hydrogens (tertiary/aromatic N) is 1. The van der Waals surface area contributed by atoms with Crippen molar-refractivity contribution >= 4 is 22.0 Å². The highest BCUT2D eigenvalue weighted by molar-refractivity contribution is 6.06. The van der Waals surface area contributed by atoms with E-state index in [9.17, 15) is 4.79 Å². The first-order valence-corrected chi connectivity index (χ1v) is 15.5. The second kappa shape index (κ2) is 14.1. The SMILES string of the molecule is CCCCCCCCCCCCC(Oc1cccc(C(C)(C)C)c1)c1nc2cc(OC)c3[nH]c(=O)cc(C)c3c2o1. The second-order valence-corrected chi connectivity index (χ2v) is 12.4. The number of hydrogen-bond acceptors (Lipinski definition) is 5. The maximum absolute atomic E-state index is 12.2. The molecule has 0 bridgehead atoms. The fourth-order valence-corrected chi connectivity index (χ4v) is 5.54. The zero-order chi connectivity index (χ0) is 29.4. The van der Waals surface area contributed by atoms with Crippen molar-refractivity contribution in [2.75, 3.05) is 7.11 Å². The molecule has 0 aliphatic rings. The zero-order valence-corrected chi connectivity index (χ0v) is 25.9. The molecule has 2 aromatic carbocycles. The molecule has 6 nitrogen and oxygen atoms in total. The van der Waals surface area contributed by atoms with Crippen LogP contribution in [0.4, 0.5) is 0 Å². The van der Waals surface area contributed by atoms with Gasteiger partial charge in [-0.3, -0.25) is 4.79 Å². The Morgan fingerprint density at radius 1 is 0.951 bits per heavy atom. The van der Waals surface area contributed by atoms with E-state index in [0.29, 0.717) is 28.3 Å². The van der Waals surface area contributed by atoms with Gasteiger partial charge in [0.2, 0.25) is 11.4 Å². The van der Waals surface area contributed by atoms with E-state index in [0.717, 1.165) is 36.0 Å². The summed E-state index contributed by atoms with van der Waals surface area (Å²) in [5.41, 5.74) is 3.85. The smallest absolute Gasteiger partial charge is 0.248 e. The summed E-state index contributed by atoms with van der Waals surface area (Å²) in [7, 11) is 1.60. The van der Waals surface area contributed by atoms with Crippen molar-refractivity contribution in [3.8, 4) is 11.5 Å². The average molecular weight is 561 g/mol. The normalized spacial score (nSPS) is 12.7. The quantitative estimate of drug-likeness (QED) is 0.146. The highest BCUT2D eigenvalue weighted by Gasteiger charge is 2.24. The van der Waals surface area contributed by atoms with Crippen LogP contribution in [0.15, 0.2) is 45.6 Å². The summed E-state index contributed by atoms with van der Waals surface area (Å²) < 4.78 is 18.7. The summed E-state index contributed by atoms with van der Waals surface area (Å²) in [6.45, 7) is 10.8. The lowest BCUT2D eigenvalue weighted by molar-refractivity contribution is 0.158. The average Bonchev–Trinajstić information content (AvgIpc) is 3.36. The lowest BCUT2D eigenvalue weighted by atomic mass is 9.87. The molecule has 0 saturated carbocycles. The predicted octanol–water partition coefficient (Wildman–Crippen LogP) is 9.71. The number of unbranched alkanes of at least 4 members (excludes halogenated alkanes) is 9. The van der Waals surface area contributed by atoms with Crippen LogP contribution in [0.1, 0.15) is 121 Å². The van der Waals surface area contributed by atoms with Crippen molar-refractivity contribution < 1.29 is 13.9 Å². The fraction of sp³-hybridized carbons (Fsp3) is 0.543. The molecule has 0 fully saturated rings. The number of oxazole rings is 1. The number of nitrogens with one attached hydrogen (secondary N) is 1. The molecule has 0 spiro atoms. The van der Waals surface area contributed by atoms with Crippen LogP contribution in [0.5, 0.6) is 11.5 Å². The molecule has 0 saturated heterocycles. The van der Waals surface area contributed by atoms with E-state index in [1.807, 2.05) is 19.1 Å². The first-order chi connectivity index (χ1) is 19.7. The highest BCUT2D eigenvalue weighted by Crippen LogP contribution is 2.37. The molecular weight excluding hydrogens is 512 g/mol. The Bertz CT molecular complexity index is 1480. The minimum atomic E-state index is -0.323. The molecule has 4 rings (SSSR count). The monoisotopic (exact) mass is 560 g/mol. The number of rotatable bonds is 15. The van der Waals surface area contributed by atoms with Gasteiger partial charge in [0.25, 0.3) is 0 Å². The van der Waals surface area contributed by atoms with Crippen LogP contribution in [0, 0.1) is 6.92 Å². The number of aromatic amines is 1. The van der Waals surface area contributed by atoms with E-state index < -0.39 is 0 Å². The van der Waals surface area contributed by atoms with Gasteiger partial charge >= 0.3 is 0 Å². The Labute approximate surface area is 244 Å². The van der Waals surface area contributed by atoms with Gasteiger partial charge in [-0.15, -0.1) is 0 Å². The number of hydrogen-bond donors (Lipinski definition) is 1. The van der Waals surface area contributed by atoms with Gasteiger partial charge in [0.1, 0.15) is 17.0 Å². The minimum Gasteiger partial charge on any atom is -0.494 e. The molecular formula is C35H48N2O4. The first kappa shape index (κ1) is 30.7.